The minimum Gasteiger partial charge on any atom is -0.479 e. The third-order valence-corrected chi connectivity index (χ3v) is 3.91. The van der Waals surface area contributed by atoms with Crippen LogP contribution in [0.2, 0.25) is 10.0 Å². The lowest BCUT2D eigenvalue weighted by Crippen LogP contribution is -2.34. The molecule has 26 heavy (non-hydrogen) atoms. The molecule has 1 unspecified atom stereocenters. The maximum atomic E-state index is 12.1. The summed E-state index contributed by atoms with van der Waals surface area (Å²) in [5.41, 5.74) is 3.25. The Kier molecular flexibility index (Phi) is 6.54. The highest BCUT2D eigenvalue weighted by Gasteiger charge is 2.16. The van der Waals surface area contributed by atoms with Crippen molar-refractivity contribution in [3.05, 3.63) is 68.2 Å². The van der Waals surface area contributed by atoms with E-state index in [0.29, 0.717) is 22.0 Å². The molecule has 0 aliphatic rings. The third kappa shape index (κ3) is 5.18. The van der Waals surface area contributed by atoms with E-state index in [1.807, 2.05) is 0 Å². The van der Waals surface area contributed by atoms with E-state index in [2.05, 4.69) is 10.5 Å². The summed E-state index contributed by atoms with van der Waals surface area (Å²) < 4.78 is 5.49. The number of rotatable bonds is 6. The smallest absolute Gasteiger partial charge is 0.280 e. The fourth-order valence-corrected chi connectivity index (χ4v) is 2.41. The predicted octanol–water partition coefficient (Wildman–Crippen LogP) is 4.21. The normalized spacial score (nSPS) is 12.4. The van der Waals surface area contributed by atoms with E-state index in [4.69, 9.17) is 27.9 Å². The van der Waals surface area contributed by atoms with Crippen LogP contribution in [0.3, 0.4) is 0 Å². The molecule has 0 heterocycles. The highest BCUT2D eigenvalue weighted by atomic mass is 35.5. The third-order valence-electron chi connectivity index (χ3n) is 3.38. The minimum absolute atomic E-state index is 0.0579. The molecular formula is C17H15Cl2N3O4. The van der Waals surface area contributed by atoms with Crippen LogP contribution in [0.15, 0.2) is 47.6 Å². The molecule has 0 saturated heterocycles. The molecule has 1 N–H and O–H groups in total. The van der Waals surface area contributed by atoms with Gasteiger partial charge in [0.25, 0.3) is 11.6 Å². The van der Waals surface area contributed by atoms with Gasteiger partial charge in [-0.3, -0.25) is 14.9 Å². The fraction of sp³-hybridized carbons (Fsp3) is 0.176. The van der Waals surface area contributed by atoms with Gasteiger partial charge in [0, 0.05) is 22.7 Å². The van der Waals surface area contributed by atoms with Gasteiger partial charge < -0.3 is 4.74 Å². The zero-order valence-electron chi connectivity index (χ0n) is 13.9. The van der Waals surface area contributed by atoms with Crippen LogP contribution in [0.25, 0.3) is 0 Å². The number of ether oxygens (including phenoxy) is 1. The Hall–Kier alpha value is -2.64. The maximum Gasteiger partial charge on any atom is 0.280 e. The molecule has 0 aliphatic heterocycles. The zero-order chi connectivity index (χ0) is 19.3. The summed E-state index contributed by atoms with van der Waals surface area (Å²) in [5.74, 6) is -0.182. The van der Waals surface area contributed by atoms with Crippen molar-refractivity contribution in [3.63, 3.8) is 0 Å². The van der Waals surface area contributed by atoms with Crippen molar-refractivity contribution in [1.82, 2.24) is 5.43 Å². The molecule has 0 aromatic heterocycles. The van der Waals surface area contributed by atoms with Crippen LogP contribution in [0, 0.1) is 10.1 Å². The highest BCUT2D eigenvalue weighted by Crippen LogP contribution is 2.28. The van der Waals surface area contributed by atoms with Gasteiger partial charge >= 0.3 is 0 Å². The summed E-state index contributed by atoms with van der Waals surface area (Å²) in [5, 5.41) is 15.5. The largest absolute Gasteiger partial charge is 0.479 e. The van der Waals surface area contributed by atoms with E-state index >= 15 is 0 Å². The van der Waals surface area contributed by atoms with Crippen LogP contribution in [-0.2, 0) is 4.79 Å². The molecule has 0 saturated carbocycles. The molecular weight excluding hydrogens is 381 g/mol. The fourth-order valence-electron chi connectivity index (χ4n) is 1.95. The highest BCUT2D eigenvalue weighted by molar-refractivity contribution is 6.35. The van der Waals surface area contributed by atoms with Crippen LogP contribution in [-0.4, -0.2) is 22.6 Å². The SMILES string of the molecule is C/C(=N\NC(=O)C(C)Oc1ccc(Cl)cc1Cl)c1cccc([N+](=O)[O-])c1. The number of carbonyl (C=O) groups excluding carboxylic acids is 1. The topological polar surface area (TPSA) is 93.8 Å². The van der Waals surface area contributed by atoms with Crippen LogP contribution >= 0.6 is 23.2 Å². The molecule has 2 aromatic carbocycles. The Labute approximate surface area is 159 Å². The Bertz CT molecular complexity index is 871. The molecule has 136 valence electrons. The number of amides is 1. The van der Waals surface area contributed by atoms with Crippen molar-refractivity contribution >= 4 is 40.5 Å². The van der Waals surface area contributed by atoms with Gasteiger partial charge in [0.1, 0.15) is 5.75 Å². The number of benzene rings is 2. The standard InChI is InChI=1S/C17H15Cl2N3O4/c1-10(12-4-3-5-14(8-12)22(24)25)20-21-17(23)11(2)26-16-7-6-13(18)9-15(16)19/h3-9,11H,1-2H3,(H,21,23)/b20-10+. The van der Waals surface area contributed by atoms with Gasteiger partial charge in [0.05, 0.1) is 15.7 Å². The quantitative estimate of drug-likeness (QED) is 0.450. The second kappa shape index (κ2) is 8.64. The molecule has 0 fully saturated rings. The molecule has 0 bridgehead atoms. The minimum atomic E-state index is -0.865. The molecule has 2 rings (SSSR count). The predicted molar refractivity (Wildman–Crippen MR) is 100 cm³/mol. The first-order valence-corrected chi connectivity index (χ1v) is 8.24. The van der Waals surface area contributed by atoms with Gasteiger partial charge in [0.2, 0.25) is 0 Å². The lowest BCUT2D eigenvalue weighted by atomic mass is 10.1. The first-order valence-electron chi connectivity index (χ1n) is 7.48. The molecule has 1 atom stereocenters. The Morgan fingerprint density at radius 2 is 2.00 bits per heavy atom. The monoisotopic (exact) mass is 395 g/mol. The molecule has 7 nitrogen and oxygen atoms in total. The van der Waals surface area contributed by atoms with Crippen molar-refractivity contribution in [2.75, 3.05) is 0 Å². The number of nitro benzene ring substituents is 1. The summed E-state index contributed by atoms with van der Waals surface area (Å²) in [4.78, 5) is 22.4. The van der Waals surface area contributed by atoms with Crippen LogP contribution in [0.1, 0.15) is 19.4 Å². The number of carbonyl (C=O) groups is 1. The lowest BCUT2D eigenvalue weighted by Gasteiger charge is -2.14. The molecule has 0 spiro atoms. The second-order valence-corrected chi connectivity index (χ2v) is 6.16. The van der Waals surface area contributed by atoms with Gasteiger partial charge in [-0.05, 0) is 32.0 Å². The number of halogens is 2. The van der Waals surface area contributed by atoms with E-state index in [1.54, 1.807) is 38.1 Å². The van der Waals surface area contributed by atoms with Crippen LogP contribution < -0.4 is 10.2 Å². The average Bonchev–Trinajstić information content (AvgIpc) is 2.61. The van der Waals surface area contributed by atoms with Crippen LogP contribution in [0.5, 0.6) is 5.75 Å². The lowest BCUT2D eigenvalue weighted by molar-refractivity contribution is -0.384. The molecule has 9 heteroatoms. The Morgan fingerprint density at radius 3 is 2.65 bits per heavy atom. The number of hydrogen-bond donors (Lipinski definition) is 1. The van der Waals surface area contributed by atoms with Gasteiger partial charge in [-0.2, -0.15) is 5.10 Å². The van der Waals surface area contributed by atoms with Crippen molar-refractivity contribution in [3.8, 4) is 5.75 Å². The summed E-state index contributed by atoms with van der Waals surface area (Å²) in [7, 11) is 0. The van der Waals surface area contributed by atoms with Crippen molar-refractivity contribution < 1.29 is 14.5 Å². The van der Waals surface area contributed by atoms with Gasteiger partial charge in [-0.1, -0.05) is 35.3 Å². The van der Waals surface area contributed by atoms with Crippen LogP contribution in [0.4, 0.5) is 5.69 Å². The van der Waals surface area contributed by atoms with Gasteiger partial charge in [0.15, 0.2) is 6.10 Å². The zero-order valence-corrected chi connectivity index (χ0v) is 15.4. The van der Waals surface area contributed by atoms with Crippen molar-refractivity contribution in [2.24, 2.45) is 5.10 Å². The van der Waals surface area contributed by atoms with E-state index in [1.165, 1.54) is 18.2 Å². The molecule has 1 amide bonds. The summed E-state index contributed by atoms with van der Waals surface area (Å²) >= 11 is 11.8. The molecule has 0 radical (unpaired) electrons. The van der Waals surface area contributed by atoms with Gasteiger partial charge in [-0.25, -0.2) is 5.43 Å². The number of nitrogens with one attached hydrogen (secondary N) is 1. The molecule has 2 aromatic rings. The Morgan fingerprint density at radius 1 is 1.27 bits per heavy atom. The number of hydrazone groups is 1. The van der Waals surface area contributed by atoms with E-state index in [9.17, 15) is 14.9 Å². The number of hydrogen-bond acceptors (Lipinski definition) is 5. The van der Waals surface area contributed by atoms with Gasteiger partial charge in [-0.15, -0.1) is 0 Å². The van der Waals surface area contributed by atoms with E-state index in [-0.39, 0.29) is 10.7 Å². The second-order valence-electron chi connectivity index (χ2n) is 5.32. The first kappa shape index (κ1) is 19.7. The van der Waals surface area contributed by atoms with Crippen molar-refractivity contribution in [2.45, 2.75) is 20.0 Å². The van der Waals surface area contributed by atoms with E-state index < -0.39 is 16.9 Å². The average molecular weight is 396 g/mol. The van der Waals surface area contributed by atoms with Crippen molar-refractivity contribution in [1.29, 1.82) is 0 Å². The van der Waals surface area contributed by atoms with E-state index in [0.717, 1.165) is 0 Å². The number of nitro groups is 1. The summed E-state index contributed by atoms with van der Waals surface area (Å²) in [6.07, 6.45) is -0.865. The molecule has 0 aliphatic carbocycles. The maximum absolute atomic E-state index is 12.1. The summed E-state index contributed by atoms with van der Waals surface area (Å²) in [6, 6.07) is 10.6. The summed E-state index contributed by atoms with van der Waals surface area (Å²) in [6.45, 7) is 3.17. The number of non-ortho nitro benzene ring substituents is 1. The number of nitrogens with zero attached hydrogens (tertiary/aromatic N) is 2. The Balaban J connectivity index is 2.03. The first-order chi connectivity index (χ1) is 12.3.